The number of carbonyl (C=O) groups is 1. The average molecular weight is 499 g/mol. The molecule has 1 aliphatic rings. The van der Waals surface area contributed by atoms with E-state index in [4.69, 9.17) is 0 Å². The maximum atomic E-state index is 13.5. The number of hydrogen-bond donors (Lipinski definition) is 1. The van der Waals surface area contributed by atoms with Crippen molar-refractivity contribution in [3.63, 3.8) is 0 Å². The quantitative estimate of drug-likeness (QED) is 0.503. The number of nitrogens with one attached hydrogen (secondary N) is 1. The van der Waals surface area contributed by atoms with Crippen LogP contribution in [0.5, 0.6) is 0 Å². The Kier molecular flexibility index (Phi) is 7.62. The van der Waals surface area contributed by atoms with Crippen LogP contribution in [0.15, 0.2) is 83.8 Å². The van der Waals surface area contributed by atoms with Crippen LogP contribution in [-0.4, -0.2) is 38.3 Å². The molecule has 8 heteroatoms. The molecule has 1 amide bonds. The molecule has 0 bridgehead atoms. The van der Waals surface area contributed by atoms with Gasteiger partial charge in [0.1, 0.15) is 11.6 Å². The number of nitrogens with zero attached hydrogens (tertiary/aromatic N) is 1. The van der Waals surface area contributed by atoms with Crippen LogP contribution in [-0.2, 0) is 27.7 Å². The van der Waals surface area contributed by atoms with Crippen molar-refractivity contribution >= 4 is 15.9 Å². The SMILES string of the molecule is O=C(NCCc1ccccc1)C1(Cc2ccc(F)cc2)CCN(S(=O)(=O)c2ccc(F)cc2)CC1. The minimum Gasteiger partial charge on any atom is -0.355 e. The number of benzene rings is 3. The van der Waals surface area contributed by atoms with Crippen LogP contribution in [0, 0.1) is 17.0 Å². The third-order valence-corrected chi connectivity index (χ3v) is 8.52. The fourth-order valence-corrected chi connectivity index (χ4v) is 5.98. The second kappa shape index (κ2) is 10.7. The molecule has 184 valence electrons. The van der Waals surface area contributed by atoms with Gasteiger partial charge in [-0.2, -0.15) is 4.31 Å². The maximum absolute atomic E-state index is 13.5. The molecule has 0 saturated carbocycles. The normalized spacial score (nSPS) is 16.1. The van der Waals surface area contributed by atoms with Gasteiger partial charge in [0.25, 0.3) is 0 Å². The monoisotopic (exact) mass is 498 g/mol. The predicted octanol–water partition coefficient (Wildman–Crippen LogP) is 4.34. The minimum absolute atomic E-state index is 0.0252. The van der Waals surface area contributed by atoms with Crippen molar-refractivity contribution < 1.29 is 22.0 Å². The third-order valence-electron chi connectivity index (χ3n) is 6.61. The molecule has 0 aromatic heterocycles. The summed E-state index contributed by atoms with van der Waals surface area (Å²) in [6.07, 6.45) is 1.71. The number of hydrogen-bond acceptors (Lipinski definition) is 3. The van der Waals surface area contributed by atoms with E-state index in [0.717, 1.165) is 23.3 Å². The third kappa shape index (κ3) is 5.94. The number of rotatable bonds is 8. The van der Waals surface area contributed by atoms with Crippen molar-refractivity contribution in [3.8, 4) is 0 Å². The molecule has 0 atom stereocenters. The summed E-state index contributed by atoms with van der Waals surface area (Å²) in [5.74, 6) is -0.986. The summed E-state index contributed by atoms with van der Waals surface area (Å²) in [7, 11) is -3.80. The van der Waals surface area contributed by atoms with Crippen LogP contribution in [0.25, 0.3) is 0 Å². The summed E-state index contributed by atoms with van der Waals surface area (Å²) in [5, 5.41) is 3.04. The first kappa shape index (κ1) is 25.0. The van der Waals surface area contributed by atoms with Gasteiger partial charge >= 0.3 is 0 Å². The van der Waals surface area contributed by atoms with Gasteiger partial charge in [-0.05, 0) is 73.2 Å². The van der Waals surface area contributed by atoms with Gasteiger partial charge in [0.2, 0.25) is 15.9 Å². The molecule has 35 heavy (non-hydrogen) atoms. The van der Waals surface area contributed by atoms with Gasteiger partial charge < -0.3 is 5.32 Å². The first-order valence-electron chi connectivity index (χ1n) is 11.6. The molecule has 4 rings (SSSR count). The second-order valence-corrected chi connectivity index (χ2v) is 10.9. The molecule has 1 fully saturated rings. The van der Waals surface area contributed by atoms with Gasteiger partial charge in [0.15, 0.2) is 0 Å². The largest absolute Gasteiger partial charge is 0.355 e. The lowest BCUT2D eigenvalue weighted by atomic mass is 9.73. The minimum atomic E-state index is -3.80. The van der Waals surface area contributed by atoms with Crippen LogP contribution in [0.2, 0.25) is 0 Å². The Labute approximate surface area is 204 Å². The predicted molar refractivity (Wildman–Crippen MR) is 130 cm³/mol. The second-order valence-electron chi connectivity index (χ2n) is 8.93. The number of carbonyl (C=O) groups excluding carboxylic acids is 1. The van der Waals surface area contributed by atoms with E-state index in [1.165, 1.54) is 28.6 Å². The molecule has 5 nitrogen and oxygen atoms in total. The maximum Gasteiger partial charge on any atom is 0.243 e. The number of amides is 1. The van der Waals surface area contributed by atoms with E-state index < -0.39 is 21.3 Å². The Morgan fingerprint density at radius 3 is 2.00 bits per heavy atom. The summed E-state index contributed by atoms with van der Waals surface area (Å²) >= 11 is 0. The van der Waals surface area contributed by atoms with Crippen molar-refractivity contribution in [1.29, 1.82) is 0 Å². The number of halogens is 2. The molecule has 1 aliphatic heterocycles. The Morgan fingerprint density at radius 1 is 0.829 bits per heavy atom. The van der Waals surface area contributed by atoms with E-state index in [1.54, 1.807) is 12.1 Å². The van der Waals surface area contributed by atoms with Crippen molar-refractivity contribution in [1.82, 2.24) is 9.62 Å². The van der Waals surface area contributed by atoms with Gasteiger partial charge in [-0.15, -0.1) is 0 Å². The summed E-state index contributed by atoms with van der Waals surface area (Å²) in [4.78, 5) is 13.5. The highest BCUT2D eigenvalue weighted by Gasteiger charge is 2.43. The highest BCUT2D eigenvalue weighted by Crippen LogP contribution is 2.37. The van der Waals surface area contributed by atoms with Gasteiger partial charge in [-0.25, -0.2) is 17.2 Å². The molecule has 0 spiro atoms. The Balaban J connectivity index is 1.49. The van der Waals surface area contributed by atoms with Gasteiger partial charge in [-0.1, -0.05) is 42.5 Å². The van der Waals surface area contributed by atoms with Crippen LogP contribution in [0.1, 0.15) is 24.0 Å². The summed E-state index contributed by atoms with van der Waals surface area (Å²) in [6, 6.07) is 20.6. The van der Waals surface area contributed by atoms with Crippen LogP contribution in [0.4, 0.5) is 8.78 Å². The molecule has 0 aliphatic carbocycles. The molecule has 1 N–H and O–H groups in total. The van der Waals surface area contributed by atoms with Gasteiger partial charge in [-0.3, -0.25) is 4.79 Å². The highest BCUT2D eigenvalue weighted by molar-refractivity contribution is 7.89. The van der Waals surface area contributed by atoms with Gasteiger partial charge in [0, 0.05) is 19.6 Å². The molecular formula is C27H28F2N2O3S. The molecule has 0 unspecified atom stereocenters. The van der Waals surface area contributed by atoms with Crippen LogP contribution in [0.3, 0.4) is 0 Å². The topological polar surface area (TPSA) is 66.5 Å². The lowest BCUT2D eigenvalue weighted by Crippen LogP contribution is -2.51. The van der Waals surface area contributed by atoms with E-state index >= 15 is 0 Å². The summed E-state index contributed by atoms with van der Waals surface area (Å²) < 4.78 is 54.2. The van der Waals surface area contributed by atoms with E-state index in [-0.39, 0.29) is 29.7 Å². The summed E-state index contributed by atoms with van der Waals surface area (Å²) in [6.45, 7) is 0.783. The zero-order valence-corrected chi connectivity index (χ0v) is 20.1. The van der Waals surface area contributed by atoms with Crippen molar-refractivity contribution in [2.75, 3.05) is 19.6 Å². The number of sulfonamides is 1. The molecule has 1 saturated heterocycles. The van der Waals surface area contributed by atoms with Gasteiger partial charge in [0.05, 0.1) is 10.3 Å². The zero-order valence-electron chi connectivity index (χ0n) is 19.3. The first-order chi connectivity index (χ1) is 16.8. The molecule has 1 heterocycles. The standard InChI is InChI=1S/C27H28F2N2O3S/c28-23-8-6-22(7-9-23)20-27(26(32)30-17-14-21-4-2-1-3-5-21)15-18-31(19-16-27)35(33,34)25-12-10-24(29)11-13-25/h1-13H,14-20H2,(H,30,32). The Bertz CT molecular complexity index is 1240. The molecular weight excluding hydrogens is 470 g/mol. The van der Waals surface area contributed by atoms with Crippen molar-refractivity contribution in [2.45, 2.75) is 30.6 Å². The fraction of sp³-hybridized carbons (Fsp3) is 0.296. The lowest BCUT2D eigenvalue weighted by Gasteiger charge is -2.40. The van der Waals surface area contributed by atoms with Crippen LogP contribution >= 0.6 is 0 Å². The highest BCUT2D eigenvalue weighted by atomic mass is 32.2. The van der Waals surface area contributed by atoms with E-state index in [0.29, 0.717) is 32.2 Å². The van der Waals surface area contributed by atoms with Crippen molar-refractivity contribution in [2.24, 2.45) is 5.41 Å². The van der Waals surface area contributed by atoms with E-state index in [1.807, 2.05) is 30.3 Å². The first-order valence-corrected chi connectivity index (χ1v) is 13.0. The smallest absolute Gasteiger partial charge is 0.243 e. The number of piperidine rings is 1. The zero-order chi connectivity index (χ0) is 24.9. The van der Waals surface area contributed by atoms with Crippen LogP contribution < -0.4 is 5.32 Å². The van der Waals surface area contributed by atoms with E-state index in [9.17, 15) is 22.0 Å². The molecule has 3 aromatic carbocycles. The summed E-state index contributed by atoms with van der Waals surface area (Å²) in [5.41, 5.74) is 1.11. The Hall–Kier alpha value is -3.10. The lowest BCUT2D eigenvalue weighted by molar-refractivity contribution is -0.133. The molecule has 3 aromatic rings. The fourth-order valence-electron chi connectivity index (χ4n) is 4.54. The van der Waals surface area contributed by atoms with Crippen molar-refractivity contribution in [3.05, 3.63) is 102 Å². The van der Waals surface area contributed by atoms with E-state index in [2.05, 4.69) is 5.32 Å². The Morgan fingerprint density at radius 2 is 1.40 bits per heavy atom. The molecule has 0 radical (unpaired) electrons. The average Bonchev–Trinajstić information content (AvgIpc) is 2.86.